The van der Waals surface area contributed by atoms with Crippen LogP contribution in [0.1, 0.15) is 5.56 Å². The van der Waals surface area contributed by atoms with Crippen molar-refractivity contribution in [2.75, 3.05) is 31.1 Å². The fourth-order valence-electron chi connectivity index (χ4n) is 4.00. The van der Waals surface area contributed by atoms with Crippen molar-refractivity contribution in [1.29, 1.82) is 0 Å². The summed E-state index contributed by atoms with van der Waals surface area (Å²) >= 11 is 0. The predicted octanol–water partition coefficient (Wildman–Crippen LogP) is 4.03. The molecule has 5 rings (SSSR count). The standard InChI is InChI=1S/C24H22N6O3/c31-30(32)22-16-19(24-26-23(27-33-24)20-8-4-5-11-25-20)9-10-21(22)29-14-12-28(13-15-29)17-18-6-2-1-3-7-18/h1-11,16H,12-15,17H2. The van der Waals surface area contributed by atoms with E-state index in [0.29, 0.717) is 22.8 Å². The minimum Gasteiger partial charge on any atom is -0.363 e. The number of hydrogen-bond donors (Lipinski definition) is 0. The van der Waals surface area contributed by atoms with Gasteiger partial charge in [0.15, 0.2) is 0 Å². The summed E-state index contributed by atoms with van der Waals surface area (Å²) in [6, 6.07) is 20.8. The molecule has 4 aromatic rings. The number of hydrogen-bond acceptors (Lipinski definition) is 8. The monoisotopic (exact) mass is 442 g/mol. The summed E-state index contributed by atoms with van der Waals surface area (Å²) in [5, 5.41) is 15.8. The minimum atomic E-state index is -0.356. The molecule has 1 aliphatic heterocycles. The Morgan fingerprint density at radius 3 is 2.48 bits per heavy atom. The van der Waals surface area contributed by atoms with Gasteiger partial charge in [-0.2, -0.15) is 4.98 Å². The summed E-state index contributed by atoms with van der Waals surface area (Å²) in [6.45, 7) is 4.00. The van der Waals surface area contributed by atoms with Crippen LogP contribution in [0.5, 0.6) is 0 Å². The molecule has 3 heterocycles. The van der Waals surface area contributed by atoms with E-state index in [1.807, 2.05) is 24.3 Å². The third kappa shape index (κ3) is 4.58. The van der Waals surface area contributed by atoms with E-state index >= 15 is 0 Å². The Balaban J connectivity index is 1.33. The van der Waals surface area contributed by atoms with Crippen molar-refractivity contribution in [1.82, 2.24) is 20.0 Å². The van der Waals surface area contributed by atoms with Crippen molar-refractivity contribution >= 4 is 11.4 Å². The van der Waals surface area contributed by atoms with Crippen LogP contribution in [0.2, 0.25) is 0 Å². The topological polar surface area (TPSA) is 101 Å². The molecule has 33 heavy (non-hydrogen) atoms. The maximum Gasteiger partial charge on any atom is 0.293 e. The van der Waals surface area contributed by atoms with Gasteiger partial charge in [0.2, 0.25) is 5.82 Å². The number of benzene rings is 2. The van der Waals surface area contributed by atoms with Gasteiger partial charge in [0.25, 0.3) is 11.6 Å². The lowest BCUT2D eigenvalue weighted by atomic mass is 10.1. The van der Waals surface area contributed by atoms with Crippen LogP contribution in [0, 0.1) is 10.1 Å². The molecule has 0 saturated carbocycles. The summed E-state index contributed by atoms with van der Waals surface area (Å²) in [5.41, 5.74) is 2.98. The number of nitrogens with zero attached hydrogens (tertiary/aromatic N) is 6. The Kier molecular flexibility index (Phi) is 5.77. The van der Waals surface area contributed by atoms with Crippen LogP contribution in [0.4, 0.5) is 11.4 Å². The molecule has 0 N–H and O–H groups in total. The lowest BCUT2D eigenvalue weighted by Gasteiger charge is -2.35. The Labute approximate surface area is 190 Å². The highest BCUT2D eigenvalue weighted by molar-refractivity contribution is 5.71. The van der Waals surface area contributed by atoms with Crippen molar-refractivity contribution < 1.29 is 9.45 Å². The highest BCUT2D eigenvalue weighted by atomic mass is 16.6. The summed E-state index contributed by atoms with van der Waals surface area (Å²) in [6.07, 6.45) is 1.64. The van der Waals surface area contributed by atoms with E-state index in [2.05, 4.69) is 37.1 Å². The van der Waals surface area contributed by atoms with Gasteiger partial charge in [-0.15, -0.1) is 0 Å². The number of pyridine rings is 1. The van der Waals surface area contributed by atoms with Gasteiger partial charge in [-0.1, -0.05) is 41.6 Å². The van der Waals surface area contributed by atoms with E-state index in [-0.39, 0.29) is 16.5 Å². The zero-order valence-electron chi connectivity index (χ0n) is 17.9. The average Bonchev–Trinajstić information content (AvgIpc) is 3.36. The maximum absolute atomic E-state index is 11.9. The molecule has 0 radical (unpaired) electrons. The number of nitro groups is 1. The molecule has 0 amide bonds. The molecule has 0 spiro atoms. The molecular formula is C24H22N6O3. The molecule has 1 saturated heterocycles. The summed E-state index contributed by atoms with van der Waals surface area (Å²) < 4.78 is 5.35. The van der Waals surface area contributed by atoms with Crippen LogP contribution in [-0.4, -0.2) is 51.1 Å². The Bertz CT molecular complexity index is 1240. The van der Waals surface area contributed by atoms with E-state index in [0.717, 1.165) is 32.7 Å². The van der Waals surface area contributed by atoms with Crippen LogP contribution in [0.15, 0.2) is 77.4 Å². The Hall–Kier alpha value is -4.11. The number of rotatable bonds is 6. The second kappa shape index (κ2) is 9.17. The molecule has 2 aromatic carbocycles. The van der Waals surface area contributed by atoms with Gasteiger partial charge in [-0.05, 0) is 29.8 Å². The van der Waals surface area contributed by atoms with Crippen molar-refractivity contribution in [3.8, 4) is 23.0 Å². The SMILES string of the molecule is O=[N+]([O-])c1cc(-c2nc(-c3ccccn3)no2)ccc1N1CCN(Cc2ccccc2)CC1. The Morgan fingerprint density at radius 1 is 0.970 bits per heavy atom. The highest BCUT2D eigenvalue weighted by Crippen LogP contribution is 2.34. The van der Waals surface area contributed by atoms with Crippen LogP contribution in [0.25, 0.3) is 23.0 Å². The second-order valence-corrected chi connectivity index (χ2v) is 7.85. The van der Waals surface area contributed by atoms with Gasteiger partial charge in [0.05, 0.1) is 4.92 Å². The summed E-state index contributed by atoms with van der Waals surface area (Å²) in [4.78, 5) is 24.5. The normalized spacial score (nSPS) is 14.4. The van der Waals surface area contributed by atoms with Gasteiger partial charge in [-0.25, -0.2) is 0 Å². The fourth-order valence-corrected chi connectivity index (χ4v) is 4.00. The first-order valence-electron chi connectivity index (χ1n) is 10.7. The molecule has 9 nitrogen and oxygen atoms in total. The van der Waals surface area contributed by atoms with Crippen LogP contribution in [-0.2, 0) is 6.54 Å². The van der Waals surface area contributed by atoms with Gasteiger partial charge in [0.1, 0.15) is 11.4 Å². The van der Waals surface area contributed by atoms with Gasteiger partial charge < -0.3 is 9.42 Å². The number of anilines is 1. The molecule has 0 aliphatic carbocycles. The van der Waals surface area contributed by atoms with Crippen LogP contribution >= 0.6 is 0 Å². The first-order chi connectivity index (χ1) is 16.2. The predicted molar refractivity (Wildman–Crippen MR) is 124 cm³/mol. The summed E-state index contributed by atoms with van der Waals surface area (Å²) in [7, 11) is 0. The van der Waals surface area contributed by atoms with Gasteiger partial charge >= 0.3 is 0 Å². The van der Waals surface area contributed by atoms with Crippen LogP contribution < -0.4 is 4.90 Å². The van der Waals surface area contributed by atoms with Gasteiger partial charge in [-0.3, -0.25) is 20.0 Å². The molecule has 0 unspecified atom stereocenters. The number of aromatic nitrogens is 3. The van der Waals surface area contributed by atoms with Crippen LogP contribution in [0.3, 0.4) is 0 Å². The quantitative estimate of drug-likeness (QED) is 0.326. The molecule has 9 heteroatoms. The molecule has 2 aromatic heterocycles. The fraction of sp³-hybridized carbons (Fsp3) is 0.208. The second-order valence-electron chi connectivity index (χ2n) is 7.85. The van der Waals surface area contributed by atoms with Crippen molar-refractivity contribution in [3.63, 3.8) is 0 Å². The molecular weight excluding hydrogens is 420 g/mol. The lowest BCUT2D eigenvalue weighted by Crippen LogP contribution is -2.46. The Morgan fingerprint density at radius 2 is 1.76 bits per heavy atom. The van der Waals surface area contributed by atoms with E-state index < -0.39 is 0 Å². The molecule has 1 aliphatic rings. The average molecular weight is 442 g/mol. The van der Waals surface area contributed by atoms with E-state index in [9.17, 15) is 10.1 Å². The van der Waals surface area contributed by atoms with Crippen molar-refractivity contribution in [2.45, 2.75) is 6.54 Å². The smallest absolute Gasteiger partial charge is 0.293 e. The van der Waals surface area contributed by atoms with Gasteiger partial charge in [0, 0.05) is 50.6 Å². The first kappa shape index (κ1) is 20.8. The molecule has 0 atom stereocenters. The summed E-state index contributed by atoms with van der Waals surface area (Å²) in [5.74, 6) is 0.560. The lowest BCUT2D eigenvalue weighted by molar-refractivity contribution is -0.384. The minimum absolute atomic E-state index is 0.0293. The zero-order valence-corrected chi connectivity index (χ0v) is 17.9. The van der Waals surface area contributed by atoms with Crippen molar-refractivity contribution in [2.24, 2.45) is 0 Å². The molecule has 166 valence electrons. The number of piperazine rings is 1. The third-order valence-electron chi connectivity index (χ3n) is 5.70. The number of nitro benzene ring substituents is 1. The van der Waals surface area contributed by atoms with E-state index in [4.69, 9.17) is 4.52 Å². The molecule has 0 bridgehead atoms. The van der Waals surface area contributed by atoms with E-state index in [1.165, 1.54) is 11.6 Å². The zero-order chi connectivity index (χ0) is 22.6. The highest BCUT2D eigenvalue weighted by Gasteiger charge is 2.25. The largest absolute Gasteiger partial charge is 0.363 e. The molecule has 1 fully saturated rings. The first-order valence-corrected chi connectivity index (χ1v) is 10.7. The maximum atomic E-state index is 11.9. The van der Waals surface area contributed by atoms with Crippen molar-refractivity contribution in [3.05, 3.63) is 88.6 Å². The third-order valence-corrected chi connectivity index (χ3v) is 5.70. The van der Waals surface area contributed by atoms with E-state index in [1.54, 1.807) is 30.5 Å².